The fourth-order valence-electron chi connectivity index (χ4n) is 1.77. The predicted molar refractivity (Wildman–Crippen MR) is 81.7 cm³/mol. The van der Waals surface area contributed by atoms with Gasteiger partial charge in [0.25, 0.3) is 0 Å². The van der Waals surface area contributed by atoms with E-state index < -0.39 is 0 Å². The van der Waals surface area contributed by atoms with Crippen LogP contribution in [0.15, 0.2) is 23.3 Å². The van der Waals surface area contributed by atoms with E-state index in [0.717, 1.165) is 12.8 Å². The van der Waals surface area contributed by atoms with Crippen LogP contribution in [0.1, 0.15) is 25.7 Å². The molecule has 1 aliphatic carbocycles. The molecule has 18 heavy (non-hydrogen) atoms. The van der Waals surface area contributed by atoms with E-state index in [1.54, 1.807) is 18.2 Å². The van der Waals surface area contributed by atoms with Gasteiger partial charge in [-0.2, -0.15) is 5.10 Å². The van der Waals surface area contributed by atoms with Crippen LogP contribution in [0.4, 0.5) is 5.69 Å². The number of thiocarbonyl (C=S) groups is 1. The molecular formula is C12H13Cl2N3S. The molecule has 0 saturated heterocycles. The Kier molecular flexibility index (Phi) is 4.80. The van der Waals surface area contributed by atoms with Crippen LogP contribution in [0.25, 0.3) is 0 Å². The zero-order chi connectivity index (χ0) is 13.0. The summed E-state index contributed by atoms with van der Waals surface area (Å²) in [5.74, 6) is 0. The van der Waals surface area contributed by atoms with E-state index in [0.29, 0.717) is 20.8 Å². The summed E-state index contributed by atoms with van der Waals surface area (Å²) in [5.41, 5.74) is 4.71. The molecule has 0 unspecified atom stereocenters. The number of rotatable bonds is 2. The SMILES string of the molecule is S=C(NN=C1CCCC1)Nc1ccc(Cl)cc1Cl. The summed E-state index contributed by atoms with van der Waals surface area (Å²) >= 11 is 17.0. The van der Waals surface area contributed by atoms with Crippen molar-refractivity contribution >= 4 is 51.9 Å². The maximum atomic E-state index is 6.03. The Labute approximate surface area is 122 Å². The zero-order valence-electron chi connectivity index (χ0n) is 9.67. The highest BCUT2D eigenvalue weighted by molar-refractivity contribution is 7.80. The van der Waals surface area contributed by atoms with Crippen LogP contribution >= 0.6 is 35.4 Å². The molecule has 6 heteroatoms. The third-order valence-corrected chi connectivity index (χ3v) is 3.42. The fraction of sp³-hybridized carbons (Fsp3) is 0.333. The highest BCUT2D eigenvalue weighted by Crippen LogP contribution is 2.25. The van der Waals surface area contributed by atoms with Crippen LogP contribution in [-0.2, 0) is 0 Å². The lowest BCUT2D eigenvalue weighted by Crippen LogP contribution is -2.24. The molecule has 2 rings (SSSR count). The summed E-state index contributed by atoms with van der Waals surface area (Å²) in [6.45, 7) is 0. The number of hydrazone groups is 1. The normalized spacial score (nSPS) is 14.4. The molecule has 0 heterocycles. The predicted octanol–water partition coefficient (Wildman–Crippen LogP) is 4.21. The number of hydrogen-bond acceptors (Lipinski definition) is 2. The van der Waals surface area contributed by atoms with E-state index in [2.05, 4.69) is 15.8 Å². The van der Waals surface area contributed by atoms with Crippen LogP contribution < -0.4 is 10.7 Å². The number of halogens is 2. The first kappa shape index (κ1) is 13.6. The van der Waals surface area contributed by atoms with E-state index in [4.69, 9.17) is 35.4 Å². The number of benzene rings is 1. The second-order valence-electron chi connectivity index (χ2n) is 4.08. The van der Waals surface area contributed by atoms with Crippen LogP contribution in [0.2, 0.25) is 10.0 Å². The van der Waals surface area contributed by atoms with Gasteiger partial charge in [-0.25, -0.2) is 0 Å². The van der Waals surface area contributed by atoms with Crippen LogP contribution in [0.5, 0.6) is 0 Å². The molecule has 1 aromatic carbocycles. The Morgan fingerprint density at radius 3 is 2.61 bits per heavy atom. The van der Waals surface area contributed by atoms with Gasteiger partial charge < -0.3 is 5.32 Å². The van der Waals surface area contributed by atoms with E-state index in [9.17, 15) is 0 Å². The highest BCUT2D eigenvalue weighted by atomic mass is 35.5. The maximum Gasteiger partial charge on any atom is 0.191 e. The molecule has 1 fully saturated rings. The van der Waals surface area contributed by atoms with Crippen LogP contribution in [0.3, 0.4) is 0 Å². The Bertz CT molecular complexity index is 480. The summed E-state index contributed by atoms with van der Waals surface area (Å²) in [4.78, 5) is 0. The Hall–Kier alpha value is -0.840. The summed E-state index contributed by atoms with van der Waals surface area (Å²) < 4.78 is 0. The van der Waals surface area contributed by atoms with Crippen LogP contribution in [-0.4, -0.2) is 10.8 Å². The van der Waals surface area contributed by atoms with Crippen molar-refractivity contribution in [1.29, 1.82) is 0 Å². The molecule has 0 radical (unpaired) electrons. The first-order chi connectivity index (χ1) is 8.65. The minimum atomic E-state index is 0.429. The Balaban J connectivity index is 1.92. The van der Waals surface area contributed by atoms with Crippen molar-refractivity contribution in [3.8, 4) is 0 Å². The van der Waals surface area contributed by atoms with Crippen molar-refractivity contribution < 1.29 is 0 Å². The molecule has 0 aromatic heterocycles. The van der Waals surface area contributed by atoms with Gasteiger partial charge in [-0.3, -0.25) is 5.43 Å². The molecule has 0 amide bonds. The van der Waals surface area contributed by atoms with Crippen molar-refractivity contribution in [2.45, 2.75) is 25.7 Å². The van der Waals surface area contributed by atoms with E-state index in [1.807, 2.05) is 0 Å². The topological polar surface area (TPSA) is 36.4 Å². The maximum absolute atomic E-state index is 6.03. The average molecular weight is 302 g/mol. The first-order valence-electron chi connectivity index (χ1n) is 5.72. The summed E-state index contributed by atoms with van der Waals surface area (Å²) in [7, 11) is 0. The minimum absolute atomic E-state index is 0.429. The molecule has 0 bridgehead atoms. The minimum Gasteiger partial charge on any atom is -0.330 e. The molecule has 3 nitrogen and oxygen atoms in total. The number of nitrogens with zero attached hydrogens (tertiary/aromatic N) is 1. The van der Waals surface area contributed by atoms with Gasteiger partial charge in [-0.15, -0.1) is 0 Å². The molecule has 2 N–H and O–H groups in total. The van der Waals surface area contributed by atoms with Crippen molar-refractivity contribution in [1.82, 2.24) is 5.43 Å². The molecule has 0 spiro atoms. The largest absolute Gasteiger partial charge is 0.330 e. The van der Waals surface area contributed by atoms with Crippen molar-refractivity contribution in [3.63, 3.8) is 0 Å². The number of hydrogen-bond donors (Lipinski definition) is 2. The molecule has 1 aromatic rings. The van der Waals surface area contributed by atoms with Gasteiger partial charge in [0.05, 0.1) is 10.7 Å². The lowest BCUT2D eigenvalue weighted by atomic mass is 10.3. The van der Waals surface area contributed by atoms with Gasteiger partial charge in [-0.1, -0.05) is 23.2 Å². The molecule has 96 valence electrons. The van der Waals surface area contributed by atoms with Crippen molar-refractivity contribution in [3.05, 3.63) is 28.2 Å². The van der Waals surface area contributed by atoms with Gasteiger partial charge in [-0.05, 0) is 56.1 Å². The van der Waals surface area contributed by atoms with Gasteiger partial charge >= 0.3 is 0 Å². The standard InChI is InChI=1S/C12H13Cl2N3S/c13-8-5-6-11(10(14)7-8)15-12(18)17-16-9-3-1-2-4-9/h5-7H,1-4H2,(H2,15,17,18). The second kappa shape index (κ2) is 6.36. The van der Waals surface area contributed by atoms with Gasteiger partial charge in [0.2, 0.25) is 0 Å². The van der Waals surface area contributed by atoms with Gasteiger partial charge in [0.15, 0.2) is 5.11 Å². The lowest BCUT2D eigenvalue weighted by molar-refractivity contribution is 0.886. The van der Waals surface area contributed by atoms with Crippen LogP contribution in [0, 0.1) is 0 Å². The quantitative estimate of drug-likeness (QED) is 0.634. The van der Waals surface area contributed by atoms with E-state index in [-0.39, 0.29) is 0 Å². The molecular weight excluding hydrogens is 289 g/mol. The van der Waals surface area contributed by atoms with Crippen molar-refractivity contribution in [2.24, 2.45) is 5.10 Å². The number of anilines is 1. The van der Waals surface area contributed by atoms with E-state index >= 15 is 0 Å². The van der Waals surface area contributed by atoms with Crippen molar-refractivity contribution in [2.75, 3.05) is 5.32 Å². The molecule has 1 saturated carbocycles. The lowest BCUT2D eigenvalue weighted by Gasteiger charge is -2.09. The molecule has 1 aliphatic rings. The highest BCUT2D eigenvalue weighted by Gasteiger charge is 2.08. The average Bonchev–Trinajstić information content (AvgIpc) is 2.83. The second-order valence-corrected chi connectivity index (χ2v) is 5.33. The van der Waals surface area contributed by atoms with E-state index in [1.165, 1.54) is 18.6 Å². The van der Waals surface area contributed by atoms with Gasteiger partial charge in [0, 0.05) is 10.7 Å². The first-order valence-corrected chi connectivity index (χ1v) is 6.89. The summed E-state index contributed by atoms with van der Waals surface area (Å²) in [6.07, 6.45) is 4.53. The smallest absolute Gasteiger partial charge is 0.191 e. The van der Waals surface area contributed by atoms with Gasteiger partial charge in [0.1, 0.15) is 0 Å². The third kappa shape index (κ3) is 3.83. The summed E-state index contributed by atoms with van der Waals surface area (Å²) in [6, 6.07) is 5.19. The molecule has 0 atom stereocenters. The summed E-state index contributed by atoms with van der Waals surface area (Å²) in [5, 5.41) is 8.79. The Morgan fingerprint density at radius 1 is 1.22 bits per heavy atom. The zero-order valence-corrected chi connectivity index (χ0v) is 12.0. The molecule has 0 aliphatic heterocycles. The fourth-order valence-corrected chi connectivity index (χ4v) is 2.38. The Morgan fingerprint density at radius 2 is 1.94 bits per heavy atom. The third-order valence-electron chi connectivity index (χ3n) is 2.68. The monoisotopic (exact) mass is 301 g/mol. The number of nitrogens with one attached hydrogen (secondary N) is 2.